The Hall–Kier alpha value is -0.870. The van der Waals surface area contributed by atoms with Crippen LogP contribution in [-0.4, -0.2) is 34.8 Å². The minimum Gasteiger partial charge on any atom is -0.494 e. The van der Waals surface area contributed by atoms with Crippen LogP contribution in [-0.2, 0) is 9.53 Å². The first-order valence-corrected chi connectivity index (χ1v) is 12.9. The smallest absolute Gasteiger partial charge is 0.140 e. The van der Waals surface area contributed by atoms with E-state index in [-0.39, 0.29) is 41.5 Å². The number of hydrogen-bond acceptors (Lipinski definition) is 4. The Bertz CT molecular complexity index is 773. The average molecular weight is 431 g/mol. The number of carbonyl (C=O) groups is 1. The molecule has 5 aliphatic rings. The van der Waals surface area contributed by atoms with Gasteiger partial charge < -0.3 is 14.9 Å². The van der Waals surface area contributed by atoms with Crippen LogP contribution in [0.4, 0.5) is 0 Å². The zero-order valence-electron chi connectivity index (χ0n) is 19.9. The fraction of sp³-hybridized carbons (Fsp3) is 0.889. The van der Waals surface area contributed by atoms with Crippen molar-refractivity contribution >= 4 is 5.78 Å². The van der Waals surface area contributed by atoms with Gasteiger partial charge in [-0.15, -0.1) is 0 Å². The van der Waals surface area contributed by atoms with Crippen molar-refractivity contribution in [1.29, 1.82) is 0 Å². The molecule has 4 aliphatic carbocycles. The van der Waals surface area contributed by atoms with Gasteiger partial charge in [0, 0.05) is 30.8 Å². The molecule has 1 heterocycles. The maximum atomic E-state index is 13.9. The van der Waals surface area contributed by atoms with Crippen LogP contribution in [0, 0.1) is 46.3 Å². The van der Waals surface area contributed by atoms with Crippen molar-refractivity contribution in [3.8, 4) is 0 Å². The van der Waals surface area contributed by atoms with E-state index in [1.54, 1.807) is 0 Å². The molecule has 4 heteroatoms. The van der Waals surface area contributed by atoms with Gasteiger partial charge in [0.1, 0.15) is 11.9 Å². The molecule has 0 aromatic carbocycles. The van der Waals surface area contributed by atoms with Crippen LogP contribution in [0.1, 0.15) is 85.5 Å². The highest BCUT2D eigenvalue weighted by atomic mass is 16.5. The van der Waals surface area contributed by atoms with E-state index >= 15 is 0 Å². The van der Waals surface area contributed by atoms with E-state index in [9.17, 15) is 15.0 Å². The topological polar surface area (TPSA) is 66.8 Å². The summed E-state index contributed by atoms with van der Waals surface area (Å²) < 4.78 is 6.54. The highest BCUT2D eigenvalue weighted by Crippen LogP contribution is 2.68. The van der Waals surface area contributed by atoms with E-state index in [1.165, 1.54) is 18.4 Å². The van der Waals surface area contributed by atoms with Crippen molar-refractivity contribution < 1.29 is 19.7 Å². The Labute approximate surface area is 187 Å². The van der Waals surface area contributed by atoms with Crippen LogP contribution in [0.5, 0.6) is 0 Å². The average Bonchev–Trinajstić information content (AvgIpc) is 3.22. The molecule has 31 heavy (non-hydrogen) atoms. The predicted octanol–water partition coefficient (Wildman–Crippen LogP) is 4.88. The summed E-state index contributed by atoms with van der Waals surface area (Å²) in [6.07, 6.45) is 8.93. The van der Waals surface area contributed by atoms with Gasteiger partial charge in [0.15, 0.2) is 0 Å². The number of aliphatic hydroxyl groups excluding tert-OH is 2. The van der Waals surface area contributed by atoms with E-state index in [2.05, 4.69) is 27.7 Å². The van der Waals surface area contributed by atoms with Crippen LogP contribution >= 0.6 is 0 Å². The molecule has 0 saturated heterocycles. The number of rotatable bonds is 4. The molecule has 10 atom stereocenters. The number of ketones is 1. The lowest BCUT2D eigenvalue weighted by Crippen LogP contribution is -2.57. The van der Waals surface area contributed by atoms with Crippen molar-refractivity contribution in [2.75, 3.05) is 6.61 Å². The van der Waals surface area contributed by atoms with Gasteiger partial charge in [-0.1, -0.05) is 20.8 Å². The van der Waals surface area contributed by atoms with Crippen molar-refractivity contribution in [2.24, 2.45) is 46.3 Å². The number of fused-ring (bicyclic) bond motifs is 7. The Kier molecular flexibility index (Phi) is 5.37. The highest BCUT2D eigenvalue weighted by molar-refractivity contribution is 5.87. The Morgan fingerprint density at radius 2 is 1.94 bits per heavy atom. The minimum absolute atomic E-state index is 0.141. The van der Waals surface area contributed by atoms with E-state index in [1.807, 2.05) is 0 Å². The number of carbonyl (C=O) groups excluding carboxylic acids is 1. The summed E-state index contributed by atoms with van der Waals surface area (Å²) in [6, 6.07) is 0. The summed E-state index contributed by atoms with van der Waals surface area (Å²) in [6.45, 7) is 9.21. The molecule has 9 unspecified atom stereocenters. The highest BCUT2D eigenvalue weighted by Gasteiger charge is 2.67. The zero-order chi connectivity index (χ0) is 22.1. The SMILES string of the molecule is CC1=C(CC[C@@H](C)CO)OC2CC3C4CCC5CC(O)CCC5(C)C4CC(=O)C3(C)C12. The standard InChI is InChI=1S/C27H42O4/c1-15(14-28)5-8-22-16(2)25-23(31-22)12-21-19-7-6-17-11-18(29)9-10-26(17,3)20(19)13-24(30)27(21,25)4/h15,17-21,23,25,28-29H,5-14H2,1-4H3/t15-,17?,18?,19?,20?,21?,23?,25?,26?,27?/m1/s1. The molecule has 4 saturated carbocycles. The van der Waals surface area contributed by atoms with Crippen molar-refractivity contribution in [2.45, 2.75) is 97.7 Å². The number of allylic oxidation sites excluding steroid dienone is 1. The fourth-order valence-electron chi connectivity index (χ4n) is 8.97. The molecule has 0 radical (unpaired) electrons. The largest absolute Gasteiger partial charge is 0.494 e. The van der Waals surface area contributed by atoms with Crippen molar-refractivity contribution in [1.82, 2.24) is 0 Å². The van der Waals surface area contributed by atoms with Crippen molar-refractivity contribution in [3.63, 3.8) is 0 Å². The normalized spacial score (nSPS) is 49.7. The van der Waals surface area contributed by atoms with E-state index in [0.29, 0.717) is 29.5 Å². The molecule has 1 aliphatic heterocycles. The van der Waals surface area contributed by atoms with Gasteiger partial charge >= 0.3 is 0 Å². The Balaban J connectivity index is 1.41. The second-order valence-corrected chi connectivity index (χ2v) is 12.3. The molecule has 0 bridgehead atoms. The van der Waals surface area contributed by atoms with Crippen LogP contribution in [0.25, 0.3) is 0 Å². The number of Topliss-reactive ketones (excluding diaryl/α,β-unsaturated/α-hetero) is 1. The molecule has 0 aromatic heterocycles. The Morgan fingerprint density at radius 3 is 2.68 bits per heavy atom. The monoisotopic (exact) mass is 430 g/mol. The van der Waals surface area contributed by atoms with Crippen LogP contribution in [0.2, 0.25) is 0 Å². The van der Waals surface area contributed by atoms with Crippen LogP contribution in [0.3, 0.4) is 0 Å². The molecule has 4 nitrogen and oxygen atoms in total. The van der Waals surface area contributed by atoms with Gasteiger partial charge in [-0.3, -0.25) is 4.79 Å². The van der Waals surface area contributed by atoms with Gasteiger partial charge in [0.2, 0.25) is 0 Å². The van der Waals surface area contributed by atoms with E-state index < -0.39 is 0 Å². The predicted molar refractivity (Wildman–Crippen MR) is 120 cm³/mol. The molecule has 0 spiro atoms. The maximum Gasteiger partial charge on any atom is 0.140 e. The lowest BCUT2D eigenvalue weighted by atomic mass is 9.44. The molecule has 0 amide bonds. The number of ether oxygens (including phenoxy) is 1. The lowest BCUT2D eigenvalue weighted by Gasteiger charge is -2.60. The quantitative estimate of drug-likeness (QED) is 0.667. The summed E-state index contributed by atoms with van der Waals surface area (Å²) >= 11 is 0. The van der Waals surface area contributed by atoms with Gasteiger partial charge in [0.25, 0.3) is 0 Å². The molecule has 174 valence electrons. The molecular weight excluding hydrogens is 388 g/mol. The maximum absolute atomic E-state index is 13.9. The van der Waals surface area contributed by atoms with E-state index in [4.69, 9.17) is 4.74 Å². The third-order valence-electron chi connectivity index (χ3n) is 10.9. The first-order chi connectivity index (χ1) is 14.7. The summed E-state index contributed by atoms with van der Waals surface area (Å²) in [7, 11) is 0. The van der Waals surface area contributed by atoms with Crippen molar-refractivity contribution in [3.05, 3.63) is 11.3 Å². The first-order valence-electron chi connectivity index (χ1n) is 12.9. The zero-order valence-corrected chi connectivity index (χ0v) is 19.9. The molecule has 2 N–H and O–H groups in total. The van der Waals surface area contributed by atoms with Crippen LogP contribution < -0.4 is 0 Å². The van der Waals surface area contributed by atoms with Gasteiger partial charge in [0.05, 0.1) is 11.9 Å². The van der Waals surface area contributed by atoms with E-state index in [0.717, 1.165) is 50.7 Å². The molecule has 0 aromatic rings. The summed E-state index contributed by atoms with van der Waals surface area (Å²) in [5, 5.41) is 19.6. The summed E-state index contributed by atoms with van der Waals surface area (Å²) in [5.41, 5.74) is 1.25. The summed E-state index contributed by atoms with van der Waals surface area (Å²) in [5.74, 6) is 4.23. The fourth-order valence-corrected chi connectivity index (χ4v) is 8.97. The number of hydrogen-bond donors (Lipinski definition) is 2. The molecule has 4 fully saturated rings. The summed E-state index contributed by atoms with van der Waals surface area (Å²) in [4.78, 5) is 13.9. The molecular formula is C27H42O4. The lowest BCUT2D eigenvalue weighted by molar-refractivity contribution is -0.158. The second-order valence-electron chi connectivity index (χ2n) is 12.3. The van der Waals surface area contributed by atoms with Gasteiger partial charge in [-0.25, -0.2) is 0 Å². The third-order valence-corrected chi connectivity index (χ3v) is 10.9. The third kappa shape index (κ3) is 3.10. The number of aliphatic hydroxyl groups is 2. The second kappa shape index (κ2) is 7.58. The van der Waals surface area contributed by atoms with Gasteiger partial charge in [-0.05, 0) is 92.4 Å². The Morgan fingerprint density at radius 1 is 1.16 bits per heavy atom. The first kappa shape index (κ1) is 21.9. The van der Waals surface area contributed by atoms with Gasteiger partial charge in [-0.2, -0.15) is 0 Å². The molecule has 5 rings (SSSR count). The van der Waals surface area contributed by atoms with Crippen LogP contribution in [0.15, 0.2) is 11.3 Å². The minimum atomic E-state index is -0.280.